The van der Waals surface area contributed by atoms with Gasteiger partial charge in [-0.3, -0.25) is 4.79 Å². The monoisotopic (exact) mass is 135 g/mol. The fourth-order valence-corrected chi connectivity index (χ4v) is 0.522. The minimum absolute atomic E-state index is 0.438. The molecule has 0 saturated heterocycles. The lowest BCUT2D eigenvalue weighted by atomic mass is 10.3. The molecule has 3 heteroatoms. The number of halogens is 1. The van der Waals surface area contributed by atoms with Crippen molar-refractivity contribution in [1.82, 2.24) is 0 Å². The molecule has 0 saturated carbocycles. The van der Waals surface area contributed by atoms with E-state index in [0.717, 1.165) is 0 Å². The molecular weight excluding hydrogens is 128 g/mol. The first-order chi connectivity index (χ1) is 3.85. The number of ether oxygens (including phenoxy) is 1. The highest BCUT2D eigenvalue weighted by Gasteiger charge is 2.02. The maximum absolute atomic E-state index is 9.82. The van der Waals surface area contributed by atoms with E-state index in [-0.39, 0.29) is 0 Å². The molecule has 0 aromatic heterocycles. The average molecular weight is 136 g/mol. The Morgan fingerprint density at radius 3 is 2.62 bits per heavy atom. The summed E-state index contributed by atoms with van der Waals surface area (Å²) in [5.41, 5.74) is 0. The van der Waals surface area contributed by atoms with Crippen LogP contribution in [0.2, 0.25) is 0 Å². The third-order valence-electron chi connectivity index (χ3n) is 0.787. The van der Waals surface area contributed by atoms with Gasteiger partial charge >= 0.3 is 0 Å². The fraction of sp³-hybridized carbons (Fsp3) is 0.800. The van der Waals surface area contributed by atoms with Gasteiger partial charge in [-0.25, -0.2) is 0 Å². The van der Waals surface area contributed by atoms with Crippen LogP contribution in [0.4, 0.5) is 0 Å². The molecule has 0 rings (SSSR count). The highest BCUT2D eigenvalue weighted by atomic mass is 35.5. The van der Waals surface area contributed by atoms with E-state index < -0.39 is 6.10 Å². The standard InChI is InChI=1S/C5H8ClO2/c1-8-5(4-7)2-3-6/h5H,2-3H2,1H3. The van der Waals surface area contributed by atoms with Crippen LogP contribution in [-0.4, -0.2) is 25.4 Å². The van der Waals surface area contributed by atoms with Crippen molar-refractivity contribution >= 4 is 17.9 Å². The van der Waals surface area contributed by atoms with Crippen LogP contribution in [-0.2, 0) is 9.53 Å². The Labute approximate surface area is 53.8 Å². The van der Waals surface area contributed by atoms with Crippen molar-refractivity contribution in [2.45, 2.75) is 12.5 Å². The molecule has 0 bridgehead atoms. The molecule has 0 amide bonds. The quantitative estimate of drug-likeness (QED) is 0.532. The summed E-state index contributed by atoms with van der Waals surface area (Å²) in [5, 5.41) is 0. The summed E-state index contributed by atoms with van der Waals surface area (Å²) in [6.45, 7) is 0. The van der Waals surface area contributed by atoms with Crippen molar-refractivity contribution in [3.05, 3.63) is 0 Å². The maximum Gasteiger partial charge on any atom is 0.229 e. The van der Waals surface area contributed by atoms with Gasteiger partial charge in [0, 0.05) is 13.0 Å². The fourth-order valence-electron chi connectivity index (χ4n) is 0.324. The Kier molecular flexibility index (Phi) is 5.01. The Morgan fingerprint density at radius 1 is 1.88 bits per heavy atom. The zero-order valence-electron chi connectivity index (χ0n) is 4.69. The molecule has 1 radical (unpaired) electrons. The van der Waals surface area contributed by atoms with E-state index in [1.165, 1.54) is 7.11 Å². The van der Waals surface area contributed by atoms with Gasteiger partial charge in [0.2, 0.25) is 6.29 Å². The molecule has 1 unspecified atom stereocenters. The molecule has 8 heavy (non-hydrogen) atoms. The zero-order chi connectivity index (χ0) is 6.41. The number of hydrogen-bond acceptors (Lipinski definition) is 2. The molecule has 47 valence electrons. The molecule has 0 heterocycles. The van der Waals surface area contributed by atoms with Gasteiger partial charge in [-0.2, -0.15) is 0 Å². The molecule has 0 aliphatic rings. The summed E-state index contributed by atoms with van der Waals surface area (Å²) in [5.74, 6) is 0.438. The van der Waals surface area contributed by atoms with Gasteiger partial charge in [0.25, 0.3) is 0 Å². The summed E-state index contributed by atoms with van der Waals surface area (Å²) >= 11 is 5.29. The Hall–Kier alpha value is -0.0800. The van der Waals surface area contributed by atoms with Crippen LogP contribution >= 0.6 is 11.6 Å². The normalized spacial score (nSPS) is 13.2. The third kappa shape index (κ3) is 2.99. The van der Waals surface area contributed by atoms with Crippen LogP contribution in [0.5, 0.6) is 0 Å². The lowest BCUT2D eigenvalue weighted by Gasteiger charge is -2.01. The number of methoxy groups -OCH3 is 1. The number of rotatable bonds is 4. The minimum atomic E-state index is -0.438. The van der Waals surface area contributed by atoms with Gasteiger partial charge < -0.3 is 4.74 Å². The first-order valence-corrected chi connectivity index (χ1v) is 2.85. The largest absolute Gasteiger partial charge is 0.373 e. The summed E-state index contributed by atoms with van der Waals surface area (Å²) in [6, 6.07) is 0. The first kappa shape index (κ1) is 7.92. The van der Waals surface area contributed by atoms with Crippen LogP contribution < -0.4 is 0 Å². The Balaban J connectivity index is 3.21. The Bertz CT molecular complexity index is 65.4. The lowest BCUT2D eigenvalue weighted by molar-refractivity contribution is 0.150. The number of alkyl halides is 1. The average Bonchev–Trinajstić information content (AvgIpc) is 1.83. The van der Waals surface area contributed by atoms with Crippen molar-refractivity contribution in [1.29, 1.82) is 0 Å². The summed E-state index contributed by atoms with van der Waals surface area (Å²) in [7, 11) is 1.46. The SMILES string of the molecule is COC([C]=O)CCCl. The molecule has 0 spiro atoms. The second-order valence-corrected chi connectivity index (χ2v) is 1.70. The van der Waals surface area contributed by atoms with Gasteiger partial charge in [0.05, 0.1) is 0 Å². The van der Waals surface area contributed by atoms with Gasteiger partial charge in [0.1, 0.15) is 6.10 Å². The van der Waals surface area contributed by atoms with Crippen LogP contribution in [0.25, 0.3) is 0 Å². The lowest BCUT2D eigenvalue weighted by Crippen LogP contribution is -2.11. The Morgan fingerprint density at radius 2 is 2.50 bits per heavy atom. The summed E-state index contributed by atoms with van der Waals surface area (Å²) in [4.78, 5) is 9.82. The van der Waals surface area contributed by atoms with Gasteiger partial charge in [0.15, 0.2) is 0 Å². The van der Waals surface area contributed by atoms with E-state index in [2.05, 4.69) is 4.74 Å². The van der Waals surface area contributed by atoms with Crippen molar-refractivity contribution in [2.75, 3.05) is 13.0 Å². The predicted octanol–water partition coefficient (Wildman–Crippen LogP) is 0.740. The molecule has 0 fully saturated rings. The molecular formula is C5H8ClO2. The first-order valence-electron chi connectivity index (χ1n) is 2.31. The van der Waals surface area contributed by atoms with Gasteiger partial charge in [-0.1, -0.05) is 0 Å². The smallest absolute Gasteiger partial charge is 0.229 e. The predicted molar refractivity (Wildman–Crippen MR) is 31.8 cm³/mol. The molecule has 2 nitrogen and oxygen atoms in total. The van der Waals surface area contributed by atoms with E-state index in [1.54, 1.807) is 6.29 Å². The number of hydrogen-bond donors (Lipinski definition) is 0. The van der Waals surface area contributed by atoms with Gasteiger partial charge in [-0.15, -0.1) is 11.6 Å². The van der Waals surface area contributed by atoms with Crippen molar-refractivity contribution in [3.8, 4) is 0 Å². The molecule has 0 aliphatic heterocycles. The third-order valence-corrected chi connectivity index (χ3v) is 1.01. The second kappa shape index (κ2) is 5.06. The topological polar surface area (TPSA) is 26.3 Å². The highest BCUT2D eigenvalue weighted by molar-refractivity contribution is 6.17. The van der Waals surface area contributed by atoms with Crippen molar-refractivity contribution in [2.24, 2.45) is 0 Å². The van der Waals surface area contributed by atoms with Crippen molar-refractivity contribution in [3.63, 3.8) is 0 Å². The second-order valence-electron chi connectivity index (χ2n) is 1.32. The molecule has 0 aromatic rings. The van der Waals surface area contributed by atoms with E-state index >= 15 is 0 Å². The molecule has 0 aliphatic carbocycles. The molecule has 0 aromatic carbocycles. The zero-order valence-corrected chi connectivity index (χ0v) is 5.44. The molecule has 1 atom stereocenters. The van der Waals surface area contributed by atoms with Gasteiger partial charge in [-0.05, 0) is 6.42 Å². The van der Waals surface area contributed by atoms with E-state index in [1.807, 2.05) is 0 Å². The van der Waals surface area contributed by atoms with E-state index in [4.69, 9.17) is 11.6 Å². The van der Waals surface area contributed by atoms with Crippen LogP contribution in [0, 0.1) is 0 Å². The summed E-state index contributed by atoms with van der Waals surface area (Å²) in [6.07, 6.45) is 1.80. The minimum Gasteiger partial charge on any atom is -0.373 e. The highest BCUT2D eigenvalue weighted by Crippen LogP contribution is 1.93. The molecule has 0 N–H and O–H groups in total. The van der Waals surface area contributed by atoms with Crippen LogP contribution in [0.15, 0.2) is 0 Å². The van der Waals surface area contributed by atoms with Crippen LogP contribution in [0.1, 0.15) is 6.42 Å². The maximum atomic E-state index is 9.82. The van der Waals surface area contributed by atoms with Crippen molar-refractivity contribution < 1.29 is 9.53 Å². The van der Waals surface area contributed by atoms with E-state index in [9.17, 15) is 4.79 Å². The summed E-state index contributed by atoms with van der Waals surface area (Å²) < 4.78 is 4.63. The number of carbonyl (C=O) groups excluding carboxylic acids is 1. The van der Waals surface area contributed by atoms with Crippen LogP contribution in [0.3, 0.4) is 0 Å². The van der Waals surface area contributed by atoms with E-state index in [0.29, 0.717) is 12.3 Å².